The Hall–Kier alpha value is -3.33. The fourth-order valence-electron chi connectivity index (χ4n) is 4.74. The molecule has 0 unspecified atom stereocenters. The number of aromatic nitrogens is 1. The van der Waals surface area contributed by atoms with E-state index in [1.807, 2.05) is 19.1 Å². The highest BCUT2D eigenvalue weighted by Crippen LogP contribution is 2.30. The van der Waals surface area contributed by atoms with Crippen LogP contribution in [0.2, 0.25) is 5.02 Å². The third-order valence-corrected chi connectivity index (χ3v) is 7.02. The van der Waals surface area contributed by atoms with E-state index in [0.717, 1.165) is 24.2 Å². The maximum Gasteiger partial charge on any atom is 0.409 e. The number of pyridine rings is 1. The predicted octanol–water partition coefficient (Wildman–Crippen LogP) is 3.74. The van der Waals surface area contributed by atoms with Gasteiger partial charge in [-0.1, -0.05) is 17.7 Å². The smallest absolute Gasteiger partial charge is 0.409 e. The zero-order valence-corrected chi connectivity index (χ0v) is 22.1. The van der Waals surface area contributed by atoms with Crippen LogP contribution in [0, 0.1) is 6.92 Å². The van der Waals surface area contributed by atoms with Gasteiger partial charge in [-0.3, -0.25) is 14.6 Å². The van der Waals surface area contributed by atoms with Crippen molar-refractivity contribution in [2.75, 3.05) is 52.5 Å². The molecule has 0 saturated carbocycles. The van der Waals surface area contributed by atoms with Crippen molar-refractivity contribution in [1.29, 1.82) is 0 Å². The minimum absolute atomic E-state index is 0.0464. The van der Waals surface area contributed by atoms with Gasteiger partial charge in [-0.2, -0.15) is 0 Å². The Morgan fingerprint density at radius 2 is 1.68 bits per heavy atom. The van der Waals surface area contributed by atoms with E-state index in [0.29, 0.717) is 62.2 Å². The lowest BCUT2D eigenvalue weighted by atomic mass is 9.89. The monoisotopic (exact) mass is 528 g/mol. The molecule has 3 amide bonds. The van der Waals surface area contributed by atoms with E-state index < -0.39 is 0 Å². The summed E-state index contributed by atoms with van der Waals surface area (Å²) < 4.78 is 10.7. The lowest BCUT2D eigenvalue weighted by Crippen LogP contribution is -2.51. The second-order valence-corrected chi connectivity index (χ2v) is 9.70. The molecule has 198 valence electrons. The van der Waals surface area contributed by atoms with Crippen molar-refractivity contribution in [3.63, 3.8) is 0 Å². The zero-order valence-electron chi connectivity index (χ0n) is 21.3. The summed E-state index contributed by atoms with van der Waals surface area (Å²) in [6.45, 7) is 6.90. The summed E-state index contributed by atoms with van der Waals surface area (Å²) in [5.41, 5.74) is 2.25. The molecule has 0 spiro atoms. The second kappa shape index (κ2) is 12.3. The first-order valence-electron chi connectivity index (χ1n) is 12.7. The number of halogens is 1. The molecule has 0 atom stereocenters. The Kier molecular flexibility index (Phi) is 8.87. The van der Waals surface area contributed by atoms with Gasteiger partial charge in [0.2, 0.25) is 0 Å². The molecule has 37 heavy (non-hydrogen) atoms. The Balaban J connectivity index is 1.35. The van der Waals surface area contributed by atoms with Crippen molar-refractivity contribution in [3.8, 4) is 5.75 Å². The molecule has 0 N–H and O–H groups in total. The van der Waals surface area contributed by atoms with Crippen LogP contribution < -0.4 is 4.74 Å². The second-order valence-electron chi connectivity index (χ2n) is 9.26. The van der Waals surface area contributed by atoms with Crippen molar-refractivity contribution in [2.45, 2.75) is 32.6 Å². The van der Waals surface area contributed by atoms with Crippen molar-refractivity contribution in [2.24, 2.45) is 0 Å². The van der Waals surface area contributed by atoms with Crippen LogP contribution in [-0.2, 0) is 9.53 Å². The van der Waals surface area contributed by atoms with Gasteiger partial charge in [-0.05, 0) is 57.0 Å². The largest absolute Gasteiger partial charge is 0.484 e. The highest BCUT2D eigenvalue weighted by molar-refractivity contribution is 6.30. The average molecular weight is 529 g/mol. The van der Waals surface area contributed by atoms with Crippen LogP contribution in [0.3, 0.4) is 0 Å². The molecule has 3 heterocycles. The summed E-state index contributed by atoms with van der Waals surface area (Å²) in [4.78, 5) is 48.1. The van der Waals surface area contributed by atoms with Gasteiger partial charge in [0.05, 0.1) is 17.9 Å². The molecule has 2 aromatic rings. The third kappa shape index (κ3) is 6.71. The number of rotatable bonds is 6. The van der Waals surface area contributed by atoms with Gasteiger partial charge in [0.15, 0.2) is 6.61 Å². The topological polar surface area (TPSA) is 92.3 Å². The molecular formula is C27H33ClN4O5. The number of likely N-dealkylation sites (tertiary alicyclic amines) is 1. The van der Waals surface area contributed by atoms with E-state index in [1.165, 1.54) is 0 Å². The van der Waals surface area contributed by atoms with Crippen LogP contribution in [0.5, 0.6) is 5.75 Å². The Morgan fingerprint density at radius 3 is 2.35 bits per heavy atom. The molecule has 2 saturated heterocycles. The Bertz CT molecular complexity index is 1130. The first-order chi connectivity index (χ1) is 17.9. The van der Waals surface area contributed by atoms with Gasteiger partial charge in [-0.15, -0.1) is 0 Å². The highest BCUT2D eigenvalue weighted by atomic mass is 35.5. The fourth-order valence-corrected chi connectivity index (χ4v) is 4.92. The number of aryl methyl sites for hydroxylation is 1. The third-order valence-electron chi connectivity index (χ3n) is 6.78. The van der Waals surface area contributed by atoms with Gasteiger partial charge >= 0.3 is 6.09 Å². The molecule has 2 aliphatic heterocycles. The number of nitrogens with zero attached hydrogens (tertiary/aromatic N) is 4. The average Bonchev–Trinajstić information content (AvgIpc) is 2.91. The molecule has 2 aliphatic rings. The van der Waals surface area contributed by atoms with Gasteiger partial charge < -0.3 is 24.2 Å². The summed E-state index contributed by atoms with van der Waals surface area (Å²) in [6.07, 6.45) is 1.10. The number of carbonyl (C=O) groups is 3. The molecule has 2 fully saturated rings. The van der Waals surface area contributed by atoms with Crippen LogP contribution in [0.15, 0.2) is 36.4 Å². The fraction of sp³-hybridized carbons (Fsp3) is 0.481. The maximum atomic E-state index is 13.5. The number of hydrogen-bond donors (Lipinski definition) is 0. The van der Waals surface area contributed by atoms with Gasteiger partial charge in [0.25, 0.3) is 11.8 Å². The predicted molar refractivity (Wildman–Crippen MR) is 139 cm³/mol. The Morgan fingerprint density at radius 1 is 0.973 bits per heavy atom. The quantitative estimate of drug-likeness (QED) is 0.567. The van der Waals surface area contributed by atoms with E-state index in [1.54, 1.807) is 45.9 Å². The molecule has 4 rings (SSSR count). The molecule has 0 radical (unpaired) electrons. The molecule has 0 aliphatic carbocycles. The molecule has 1 aromatic heterocycles. The van der Waals surface area contributed by atoms with Gasteiger partial charge in [0, 0.05) is 55.9 Å². The van der Waals surface area contributed by atoms with Crippen LogP contribution in [0.1, 0.15) is 47.4 Å². The van der Waals surface area contributed by atoms with E-state index in [2.05, 4.69) is 0 Å². The summed E-state index contributed by atoms with van der Waals surface area (Å²) in [7, 11) is 0. The van der Waals surface area contributed by atoms with Crippen LogP contribution in [-0.4, -0.2) is 90.1 Å². The van der Waals surface area contributed by atoms with E-state index in [-0.39, 0.29) is 30.4 Å². The lowest BCUT2D eigenvalue weighted by molar-refractivity contribution is -0.134. The molecule has 10 heteroatoms. The van der Waals surface area contributed by atoms with Crippen molar-refractivity contribution in [1.82, 2.24) is 19.7 Å². The zero-order chi connectivity index (χ0) is 26.4. The Labute approximate surface area is 222 Å². The number of carbonyl (C=O) groups excluding carboxylic acids is 3. The summed E-state index contributed by atoms with van der Waals surface area (Å²) in [6, 6.07) is 10.7. The lowest BCUT2D eigenvalue weighted by Gasteiger charge is -2.35. The maximum absolute atomic E-state index is 13.5. The first-order valence-corrected chi connectivity index (χ1v) is 13.1. The van der Waals surface area contributed by atoms with Gasteiger partial charge in [0.1, 0.15) is 5.75 Å². The summed E-state index contributed by atoms with van der Waals surface area (Å²) in [5, 5.41) is 0.558. The minimum atomic E-state index is -0.341. The van der Waals surface area contributed by atoms with E-state index in [4.69, 9.17) is 26.1 Å². The number of piperidine rings is 1. The van der Waals surface area contributed by atoms with Crippen LogP contribution in [0.4, 0.5) is 4.79 Å². The van der Waals surface area contributed by atoms with Crippen LogP contribution >= 0.6 is 11.6 Å². The molecule has 1 aromatic carbocycles. The summed E-state index contributed by atoms with van der Waals surface area (Å²) in [5.74, 6) is 0.495. The van der Waals surface area contributed by atoms with Crippen molar-refractivity contribution in [3.05, 3.63) is 58.4 Å². The number of benzene rings is 1. The first kappa shape index (κ1) is 26.7. The highest BCUT2D eigenvalue weighted by Gasteiger charge is 2.31. The SMILES string of the molecule is CCOC(=O)N1CCN(C(=O)c2ccc(C)nc2C2CCN(C(=O)COc3cccc(Cl)c3)CC2)CC1. The van der Waals surface area contributed by atoms with Crippen LogP contribution in [0.25, 0.3) is 0 Å². The standard InChI is InChI=1S/C27H33ClN4O5/c1-3-36-27(35)32-15-13-31(14-16-32)26(34)23-8-7-19(2)29-25(23)20-9-11-30(12-10-20)24(33)18-37-22-6-4-5-21(28)17-22/h4-8,17,20H,3,9-16,18H2,1-2H3. The number of ether oxygens (including phenoxy) is 2. The molecule has 0 bridgehead atoms. The van der Waals surface area contributed by atoms with Crippen molar-refractivity contribution >= 4 is 29.5 Å². The molecule has 9 nitrogen and oxygen atoms in total. The van der Waals surface area contributed by atoms with Gasteiger partial charge in [-0.25, -0.2) is 4.79 Å². The van der Waals surface area contributed by atoms with E-state index in [9.17, 15) is 14.4 Å². The van der Waals surface area contributed by atoms with Crippen molar-refractivity contribution < 1.29 is 23.9 Å². The normalized spacial score (nSPS) is 16.5. The number of hydrogen-bond acceptors (Lipinski definition) is 6. The van der Waals surface area contributed by atoms with E-state index >= 15 is 0 Å². The minimum Gasteiger partial charge on any atom is -0.484 e. The summed E-state index contributed by atoms with van der Waals surface area (Å²) >= 11 is 5.98. The molecular weight excluding hydrogens is 496 g/mol. The number of amides is 3. The number of piperazine rings is 1.